The van der Waals surface area contributed by atoms with Crippen molar-refractivity contribution in [1.82, 2.24) is 0 Å². The van der Waals surface area contributed by atoms with Gasteiger partial charge in [0, 0.05) is 0 Å². The highest BCUT2D eigenvalue weighted by Crippen LogP contribution is 2.38. The minimum Gasteiger partial charge on any atom is -0.508 e. The van der Waals surface area contributed by atoms with Crippen molar-refractivity contribution in [3.8, 4) is 0 Å². The van der Waals surface area contributed by atoms with Gasteiger partial charge in [0.15, 0.2) is 0 Å². The van der Waals surface area contributed by atoms with E-state index >= 15 is 0 Å². The topological polar surface area (TPSA) is 157 Å². The Kier molecular flexibility index (Phi) is 7.83. The van der Waals surface area contributed by atoms with Gasteiger partial charge in [0.05, 0.1) is 12.7 Å². The predicted molar refractivity (Wildman–Crippen MR) is 102 cm³/mol. The summed E-state index contributed by atoms with van der Waals surface area (Å²) < 4.78 is 10.9. The maximum atomic E-state index is 12.8. The van der Waals surface area contributed by atoms with E-state index in [4.69, 9.17) is 9.47 Å². The SMILES string of the molecule is CC(C)CCC(C)OC(=O)C1C=C(O)C=CC1(O)[C@@H]1O[C@H](CO)[C@@H](O)[C@H](O)[C@H]1O. The first-order valence-corrected chi connectivity index (χ1v) is 9.84. The molecule has 1 fully saturated rings. The number of rotatable bonds is 7. The van der Waals surface area contributed by atoms with Crippen molar-refractivity contribution in [3.05, 3.63) is 24.0 Å². The van der Waals surface area contributed by atoms with Crippen molar-refractivity contribution in [2.75, 3.05) is 6.61 Å². The van der Waals surface area contributed by atoms with Gasteiger partial charge in [-0.3, -0.25) is 4.79 Å². The van der Waals surface area contributed by atoms with Crippen LogP contribution >= 0.6 is 0 Å². The lowest BCUT2D eigenvalue weighted by Crippen LogP contribution is -2.67. The number of esters is 1. The highest BCUT2D eigenvalue weighted by molar-refractivity contribution is 5.77. The third kappa shape index (κ3) is 5.17. The molecule has 0 spiro atoms. The molecule has 0 saturated carbocycles. The Morgan fingerprint density at radius 2 is 1.83 bits per heavy atom. The molecule has 0 aromatic carbocycles. The fourth-order valence-corrected chi connectivity index (χ4v) is 3.59. The molecule has 3 unspecified atom stereocenters. The van der Waals surface area contributed by atoms with E-state index in [-0.39, 0.29) is 5.76 Å². The number of aliphatic hydroxyl groups is 6. The summed E-state index contributed by atoms with van der Waals surface area (Å²) in [7, 11) is 0. The second-order valence-electron chi connectivity index (χ2n) is 8.26. The summed E-state index contributed by atoms with van der Waals surface area (Å²) in [5.41, 5.74) is -2.19. The number of carbonyl (C=O) groups is 1. The van der Waals surface area contributed by atoms with Gasteiger partial charge in [-0.05, 0) is 43.9 Å². The van der Waals surface area contributed by atoms with Crippen LogP contribution in [0.2, 0.25) is 0 Å². The number of hydrogen-bond acceptors (Lipinski definition) is 9. The third-order valence-electron chi connectivity index (χ3n) is 5.43. The van der Waals surface area contributed by atoms with Gasteiger partial charge < -0.3 is 40.1 Å². The molecule has 0 radical (unpaired) electrons. The number of carbonyl (C=O) groups excluding carboxylic acids is 1. The summed E-state index contributed by atoms with van der Waals surface area (Å²) in [6, 6.07) is 0. The zero-order valence-corrected chi connectivity index (χ0v) is 16.9. The number of allylic oxidation sites excluding steroid dienone is 1. The van der Waals surface area contributed by atoms with E-state index in [1.54, 1.807) is 6.92 Å². The molecule has 9 heteroatoms. The molecule has 2 aliphatic rings. The maximum Gasteiger partial charge on any atom is 0.316 e. The van der Waals surface area contributed by atoms with Crippen molar-refractivity contribution in [3.63, 3.8) is 0 Å². The van der Waals surface area contributed by atoms with E-state index in [2.05, 4.69) is 0 Å². The van der Waals surface area contributed by atoms with E-state index < -0.39 is 60.7 Å². The van der Waals surface area contributed by atoms with Crippen LogP contribution in [0.1, 0.15) is 33.6 Å². The fourth-order valence-electron chi connectivity index (χ4n) is 3.59. The monoisotopic (exact) mass is 416 g/mol. The van der Waals surface area contributed by atoms with Crippen LogP contribution in [-0.2, 0) is 14.3 Å². The summed E-state index contributed by atoms with van der Waals surface area (Å²) in [5.74, 6) is -2.13. The third-order valence-corrected chi connectivity index (χ3v) is 5.43. The highest BCUT2D eigenvalue weighted by atomic mass is 16.6. The summed E-state index contributed by atoms with van der Waals surface area (Å²) >= 11 is 0. The first-order chi connectivity index (χ1) is 13.5. The molecule has 9 nitrogen and oxygen atoms in total. The summed E-state index contributed by atoms with van der Waals surface area (Å²) in [4.78, 5) is 12.8. The summed E-state index contributed by atoms with van der Waals surface area (Å²) in [5, 5.41) is 60.9. The van der Waals surface area contributed by atoms with Gasteiger partial charge in [-0.15, -0.1) is 0 Å². The number of hydrogen-bond donors (Lipinski definition) is 6. The molecule has 1 heterocycles. The Morgan fingerprint density at radius 3 is 2.41 bits per heavy atom. The molecule has 166 valence electrons. The molecular formula is C20H32O9. The molecule has 0 aromatic rings. The predicted octanol–water partition coefficient (Wildman–Crippen LogP) is -0.444. The normalized spacial score (nSPS) is 38.6. The smallest absolute Gasteiger partial charge is 0.316 e. The molecule has 6 N–H and O–H groups in total. The van der Waals surface area contributed by atoms with Crippen LogP contribution in [0.4, 0.5) is 0 Å². The summed E-state index contributed by atoms with van der Waals surface area (Å²) in [6.45, 7) is 5.12. The average Bonchev–Trinajstić information content (AvgIpc) is 2.66. The van der Waals surface area contributed by atoms with E-state index in [1.165, 1.54) is 0 Å². The Bertz CT molecular complexity index is 629. The van der Waals surface area contributed by atoms with Crippen LogP contribution in [0.15, 0.2) is 24.0 Å². The minimum atomic E-state index is -2.19. The maximum absolute atomic E-state index is 12.8. The van der Waals surface area contributed by atoms with E-state index in [0.29, 0.717) is 12.3 Å². The van der Waals surface area contributed by atoms with Crippen molar-refractivity contribution in [2.24, 2.45) is 11.8 Å². The molecule has 1 saturated heterocycles. The lowest BCUT2D eigenvalue weighted by atomic mass is 9.74. The zero-order chi connectivity index (χ0) is 21.9. The van der Waals surface area contributed by atoms with Crippen LogP contribution in [0.25, 0.3) is 0 Å². The largest absolute Gasteiger partial charge is 0.508 e. The van der Waals surface area contributed by atoms with Gasteiger partial charge in [-0.1, -0.05) is 13.8 Å². The zero-order valence-electron chi connectivity index (χ0n) is 16.9. The van der Waals surface area contributed by atoms with Crippen molar-refractivity contribution in [1.29, 1.82) is 0 Å². The Morgan fingerprint density at radius 1 is 1.17 bits per heavy atom. The Balaban J connectivity index is 2.26. The van der Waals surface area contributed by atoms with Crippen LogP contribution < -0.4 is 0 Å². The van der Waals surface area contributed by atoms with Crippen molar-refractivity contribution < 1.29 is 44.9 Å². The van der Waals surface area contributed by atoms with E-state index in [9.17, 15) is 35.4 Å². The second-order valence-corrected chi connectivity index (χ2v) is 8.26. The van der Waals surface area contributed by atoms with Gasteiger partial charge in [-0.2, -0.15) is 0 Å². The second kappa shape index (κ2) is 9.55. The molecule has 0 aromatic heterocycles. The van der Waals surface area contributed by atoms with Crippen molar-refractivity contribution in [2.45, 2.75) is 75.8 Å². The Labute approximate surface area is 169 Å². The Hall–Kier alpha value is -1.49. The van der Waals surface area contributed by atoms with E-state index in [1.807, 2.05) is 13.8 Å². The molecule has 2 rings (SSSR count). The first kappa shape index (κ1) is 23.8. The highest BCUT2D eigenvalue weighted by Gasteiger charge is 2.56. The summed E-state index contributed by atoms with van der Waals surface area (Å²) in [6.07, 6.45) is -3.60. The molecular weight excluding hydrogens is 384 g/mol. The minimum absolute atomic E-state index is 0.281. The molecule has 1 aliphatic heterocycles. The van der Waals surface area contributed by atoms with Gasteiger partial charge in [0.1, 0.15) is 47.8 Å². The van der Waals surface area contributed by atoms with E-state index in [0.717, 1.165) is 24.6 Å². The lowest BCUT2D eigenvalue weighted by Gasteiger charge is -2.48. The lowest BCUT2D eigenvalue weighted by molar-refractivity contribution is -0.267. The van der Waals surface area contributed by atoms with Crippen molar-refractivity contribution >= 4 is 5.97 Å². The van der Waals surface area contributed by atoms with Gasteiger partial charge >= 0.3 is 5.97 Å². The standard InChI is InChI=1S/C20H32O9/c1-10(2)4-5-11(3)28-19(26)13-8-12(22)6-7-20(13,27)18-17(25)16(24)15(23)14(9-21)29-18/h6-8,10-11,13-18,21-25,27H,4-5,9H2,1-3H3/t11?,13?,14-,15-,16+,17-,18-,20?/m1/s1. The van der Waals surface area contributed by atoms with Crippen LogP contribution in [-0.4, -0.2) is 85.4 Å². The molecule has 1 aliphatic carbocycles. The molecule has 29 heavy (non-hydrogen) atoms. The molecule has 0 amide bonds. The molecule has 8 atom stereocenters. The molecule has 0 bridgehead atoms. The van der Waals surface area contributed by atoms with Gasteiger partial charge in [0.2, 0.25) is 0 Å². The average molecular weight is 416 g/mol. The number of aliphatic hydroxyl groups excluding tert-OH is 5. The quantitative estimate of drug-likeness (QED) is 0.303. The van der Waals surface area contributed by atoms with Crippen LogP contribution in [0, 0.1) is 11.8 Å². The fraction of sp³-hybridized carbons (Fsp3) is 0.750. The first-order valence-electron chi connectivity index (χ1n) is 9.84. The van der Waals surface area contributed by atoms with Gasteiger partial charge in [0.25, 0.3) is 0 Å². The van der Waals surface area contributed by atoms with Gasteiger partial charge in [-0.25, -0.2) is 0 Å². The number of ether oxygens (including phenoxy) is 2. The van der Waals surface area contributed by atoms with Crippen LogP contribution in [0.5, 0.6) is 0 Å². The van der Waals surface area contributed by atoms with Crippen LogP contribution in [0.3, 0.4) is 0 Å².